The summed E-state index contributed by atoms with van der Waals surface area (Å²) in [6.07, 6.45) is 0.519. The number of carbonyl (C=O) groups excluding carboxylic acids is 1. The standard InChI is InChI=1S/C25H29N3O2.ClH/c1-20-8-2-5-12-23(20)28-18-16-27(17-19-28)15-7-14-26-25(29)30-24-13-6-10-21-9-3-4-11-22(21)24;/h2-6,8-13H,7,14-19H2,1H3,(H,26,29);1H. The Bertz CT molecular complexity index is 997. The first-order valence-electron chi connectivity index (χ1n) is 10.7. The third kappa shape index (κ3) is 5.90. The van der Waals surface area contributed by atoms with Gasteiger partial charge in [-0.3, -0.25) is 4.90 Å². The fraction of sp³-hybridized carbons (Fsp3) is 0.320. The summed E-state index contributed by atoms with van der Waals surface area (Å²) in [6, 6.07) is 22.2. The van der Waals surface area contributed by atoms with E-state index in [1.165, 1.54) is 11.3 Å². The largest absolute Gasteiger partial charge is 0.412 e. The lowest BCUT2D eigenvalue weighted by molar-refractivity contribution is 0.199. The molecule has 1 heterocycles. The summed E-state index contributed by atoms with van der Waals surface area (Å²) in [5.41, 5.74) is 2.68. The second-order valence-corrected chi connectivity index (χ2v) is 7.76. The molecule has 1 fully saturated rings. The van der Waals surface area contributed by atoms with E-state index in [4.69, 9.17) is 4.74 Å². The second-order valence-electron chi connectivity index (χ2n) is 7.76. The molecule has 1 N–H and O–H groups in total. The maximum absolute atomic E-state index is 12.2. The van der Waals surface area contributed by atoms with Crippen molar-refractivity contribution in [3.63, 3.8) is 0 Å². The molecule has 0 bridgehead atoms. The molecule has 1 aliphatic heterocycles. The zero-order valence-electron chi connectivity index (χ0n) is 17.9. The molecule has 5 nitrogen and oxygen atoms in total. The highest BCUT2D eigenvalue weighted by atomic mass is 35.5. The Balaban J connectivity index is 0.00000272. The van der Waals surface area contributed by atoms with E-state index in [-0.39, 0.29) is 12.4 Å². The zero-order chi connectivity index (χ0) is 20.8. The van der Waals surface area contributed by atoms with Crippen LogP contribution >= 0.6 is 12.4 Å². The minimum absolute atomic E-state index is 0. The van der Waals surface area contributed by atoms with E-state index in [1.54, 1.807) is 0 Å². The van der Waals surface area contributed by atoms with Crippen molar-refractivity contribution in [2.45, 2.75) is 13.3 Å². The number of fused-ring (bicyclic) bond motifs is 1. The highest BCUT2D eigenvalue weighted by molar-refractivity contribution is 5.90. The molecule has 0 atom stereocenters. The van der Waals surface area contributed by atoms with Crippen molar-refractivity contribution in [2.75, 3.05) is 44.2 Å². The van der Waals surface area contributed by atoms with E-state index in [2.05, 4.69) is 46.3 Å². The Morgan fingerprint density at radius 3 is 2.45 bits per heavy atom. The summed E-state index contributed by atoms with van der Waals surface area (Å²) in [7, 11) is 0. The van der Waals surface area contributed by atoms with Crippen LogP contribution in [0.25, 0.3) is 10.8 Å². The summed E-state index contributed by atoms with van der Waals surface area (Å²) < 4.78 is 5.52. The number of carbonyl (C=O) groups is 1. The minimum atomic E-state index is -0.393. The predicted molar refractivity (Wildman–Crippen MR) is 130 cm³/mol. The van der Waals surface area contributed by atoms with Gasteiger partial charge in [0, 0.05) is 43.8 Å². The van der Waals surface area contributed by atoms with E-state index in [9.17, 15) is 4.79 Å². The summed E-state index contributed by atoms with van der Waals surface area (Å²) in [5, 5.41) is 4.89. The van der Waals surface area contributed by atoms with Crippen LogP contribution < -0.4 is 15.0 Å². The molecule has 1 aliphatic rings. The lowest BCUT2D eigenvalue weighted by Gasteiger charge is -2.36. The number of benzene rings is 3. The fourth-order valence-corrected chi connectivity index (χ4v) is 4.04. The third-order valence-corrected chi connectivity index (χ3v) is 5.70. The molecule has 0 unspecified atom stereocenters. The Morgan fingerprint density at radius 2 is 1.65 bits per heavy atom. The average Bonchev–Trinajstić information content (AvgIpc) is 2.78. The molecule has 0 spiro atoms. The van der Waals surface area contributed by atoms with Gasteiger partial charge in [0.15, 0.2) is 0 Å². The molecule has 31 heavy (non-hydrogen) atoms. The molecule has 0 aliphatic carbocycles. The van der Waals surface area contributed by atoms with E-state index in [1.807, 2.05) is 42.5 Å². The number of hydrogen-bond donors (Lipinski definition) is 1. The Labute approximate surface area is 190 Å². The first-order valence-corrected chi connectivity index (χ1v) is 10.7. The van der Waals surface area contributed by atoms with Gasteiger partial charge >= 0.3 is 6.09 Å². The van der Waals surface area contributed by atoms with Crippen LogP contribution in [0.15, 0.2) is 66.7 Å². The lowest BCUT2D eigenvalue weighted by atomic mass is 10.1. The molecule has 1 saturated heterocycles. The fourth-order valence-electron chi connectivity index (χ4n) is 4.04. The van der Waals surface area contributed by atoms with Crippen LogP contribution in [0.5, 0.6) is 5.75 Å². The van der Waals surface area contributed by atoms with Crippen LogP contribution in [-0.4, -0.2) is 50.3 Å². The van der Waals surface area contributed by atoms with Crippen LogP contribution in [-0.2, 0) is 0 Å². The number of halogens is 1. The van der Waals surface area contributed by atoms with Gasteiger partial charge < -0.3 is 15.0 Å². The van der Waals surface area contributed by atoms with Crippen LogP contribution in [0.1, 0.15) is 12.0 Å². The maximum atomic E-state index is 12.2. The number of para-hydroxylation sites is 1. The summed E-state index contributed by atoms with van der Waals surface area (Å²) in [6.45, 7) is 7.95. The predicted octanol–water partition coefficient (Wildman–Crippen LogP) is 4.87. The van der Waals surface area contributed by atoms with Crippen LogP contribution in [0.2, 0.25) is 0 Å². The Hall–Kier alpha value is -2.76. The van der Waals surface area contributed by atoms with Gasteiger partial charge in [0.05, 0.1) is 0 Å². The number of hydrogen-bond acceptors (Lipinski definition) is 4. The van der Waals surface area contributed by atoms with E-state index in [0.29, 0.717) is 12.3 Å². The van der Waals surface area contributed by atoms with Crippen molar-refractivity contribution < 1.29 is 9.53 Å². The molecule has 6 heteroatoms. The first-order chi connectivity index (χ1) is 14.7. The highest BCUT2D eigenvalue weighted by Crippen LogP contribution is 2.25. The van der Waals surface area contributed by atoms with Crippen LogP contribution in [0.3, 0.4) is 0 Å². The van der Waals surface area contributed by atoms with E-state index >= 15 is 0 Å². The van der Waals surface area contributed by atoms with Gasteiger partial charge in [0.25, 0.3) is 0 Å². The van der Waals surface area contributed by atoms with Crippen LogP contribution in [0, 0.1) is 6.92 Å². The van der Waals surface area contributed by atoms with Crippen molar-refractivity contribution in [2.24, 2.45) is 0 Å². The molecule has 1 amide bonds. The van der Waals surface area contributed by atoms with Crippen molar-refractivity contribution in [3.8, 4) is 5.75 Å². The number of amides is 1. The number of aryl methyl sites for hydroxylation is 1. The first kappa shape index (κ1) is 22.9. The quantitative estimate of drug-likeness (QED) is 0.556. The third-order valence-electron chi connectivity index (χ3n) is 5.70. The van der Waals surface area contributed by atoms with Crippen molar-refractivity contribution in [1.82, 2.24) is 10.2 Å². The lowest BCUT2D eigenvalue weighted by Crippen LogP contribution is -2.47. The van der Waals surface area contributed by atoms with Gasteiger partial charge in [0.2, 0.25) is 0 Å². The highest BCUT2D eigenvalue weighted by Gasteiger charge is 2.17. The van der Waals surface area contributed by atoms with Crippen molar-refractivity contribution in [3.05, 3.63) is 72.3 Å². The average molecular weight is 440 g/mol. The molecule has 3 aromatic carbocycles. The number of piperazine rings is 1. The van der Waals surface area contributed by atoms with Crippen molar-refractivity contribution >= 4 is 35.0 Å². The SMILES string of the molecule is Cc1ccccc1N1CCN(CCCNC(=O)Oc2cccc3ccccc23)CC1.Cl. The van der Waals surface area contributed by atoms with Gasteiger partial charge in [-0.25, -0.2) is 4.79 Å². The molecular formula is C25H30ClN3O2. The minimum Gasteiger partial charge on any atom is -0.410 e. The summed E-state index contributed by atoms with van der Waals surface area (Å²) >= 11 is 0. The zero-order valence-corrected chi connectivity index (χ0v) is 18.7. The van der Waals surface area contributed by atoms with Gasteiger partial charge in [0.1, 0.15) is 5.75 Å². The summed E-state index contributed by atoms with van der Waals surface area (Å²) in [4.78, 5) is 17.1. The number of nitrogens with zero attached hydrogens (tertiary/aromatic N) is 2. The molecule has 3 aromatic rings. The molecule has 4 rings (SSSR count). The van der Waals surface area contributed by atoms with E-state index < -0.39 is 6.09 Å². The summed E-state index contributed by atoms with van der Waals surface area (Å²) in [5.74, 6) is 0.595. The molecular weight excluding hydrogens is 410 g/mol. The molecule has 0 saturated carbocycles. The van der Waals surface area contributed by atoms with Gasteiger partial charge in [-0.2, -0.15) is 0 Å². The smallest absolute Gasteiger partial charge is 0.410 e. The van der Waals surface area contributed by atoms with Crippen molar-refractivity contribution in [1.29, 1.82) is 0 Å². The molecule has 0 radical (unpaired) electrons. The second kappa shape index (κ2) is 11.0. The Morgan fingerprint density at radius 1 is 0.935 bits per heavy atom. The van der Waals surface area contributed by atoms with E-state index in [0.717, 1.165) is 49.9 Å². The topological polar surface area (TPSA) is 44.8 Å². The van der Waals surface area contributed by atoms with Crippen LogP contribution in [0.4, 0.5) is 10.5 Å². The normalized spacial score (nSPS) is 14.2. The number of rotatable bonds is 6. The van der Waals surface area contributed by atoms with Gasteiger partial charge in [-0.15, -0.1) is 12.4 Å². The Kier molecular flexibility index (Phi) is 8.15. The molecule has 0 aromatic heterocycles. The maximum Gasteiger partial charge on any atom is 0.412 e. The van der Waals surface area contributed by atoms with Gasteiger partial charge in [-0.05, 0) is 43.0 Å². The number of ether oxygens (including phenoxy) is 1. The number of anilines is 1. The monoisotopic (exact) mass is 439 g/mol. The molecule has 164 valence electrons. The van der Waals surface area contributed by atoms with Gasteiger partial charge in [-0.1, -0.05) is 54.6 Å². The number of nitrogens with one attached hydrogen (secondary N) is 1.